The number of fused-ring (bicyclic) bond motifs is 3. The number of anilines is 1. The van der Waals surface area contributed by atoms with Crippen molar-refractivity contribution in [3.63, 3.8) is 0 Å². The summed E-state index contributed by atoms with van der Waals surface area (Å²) in [5, 5.41) is 4.00. The highest BCUT2D eigenvalue weighted by molar-refractivity contribution is 6.05. The van der Waals surface area contributed by atoms with Crippen LogP contribution in [0.4, 0.5) is 5.82 Å². The zero-order valence-electron chi connectivity index (χ0n) is 15.6. The van der Waals surface area contributed by atoms with Crippen LogP contribution in [0.2, 0.25) is 0 Å². The molecule has 0 aliphatic heterocycles. The first-order chi connectivity index (χ1) is 13.7. The van der Waals surface area contributed by atoms with Crippen molar-refractivity contribution in [3.05, 3.63) is 66.0 Å². The third-order valence-electron chi connectivity index (χ3n) is 5.05. The van der Waals surface area contributed by atoms with Crippen molar-refractivity contribution >= 4 is 33.8 Å². The number of furan rings is 1. The minimum Gasteiger partial charge on any atom is -0.450 e. The molecule has 0 spiro atoms. The van der Waals surface area contributed by atoms with Gasteiger partial charge < -0.3 is 14.6 Å². The Balaban J connectivity index is 1.39. The molecule has 1 N–H and O–H groups in total. The normalized spacial score (nSPS) is 13.8. The Hall–Kier alpha value is -3.41. The van der Waals surface area contributed by atoms with Gasteiger partial charge in [0, 0.05) is 30.6 Å². The molecule has 1 fully saturated rings. The topological polar surface area (TPSA) is 71.3 Å². The van der Waals surface area contributed by atoms with E-state index in [1.54, 1.807) is 6.33 Å². The van der Waals surface area contributed by atoms with E-state index in [1.807, 2.05) is 60.5 Å². The minimum absolute atomic E-state index is 0.00203. The first-order valence-corrected chi connectivity index (χ1v) is 9.42. The zero-order valence-corrected chi connectivity index (χ0v) is 15.6. The Labute approximate surface area is 162 Å². The predicted octanol–water partition coefficient (Wildman–Crippen LogP) is 3.90. The standard InChI is InChI=1S/C22H20N4O2/c1-26(12-14-6-8-15(9-7-14)22(27)25-16-10-11-16)21-20-19(23-13-24-21)17-4-2-3-5-18(17)28-20/h2-9,13,16H,10-12H2,1H3,(H,25,27). The molecule has 0 unspecified atom stereocenters. The van der Waals surface area contributed by atoms with Gasteiger partial charge in [0.15, 0.2) is 11.4 Å². The zero-order chi connectivity index (χ0) is 19.1. The van der Waals surface area contributed by atoms with Gasteiger partial charge >= 0.3 is 0 Å². The summed E-state index contributed by atoms with van der Waals surface area (Å²) in [7, 11) is 1.97. The maximum Gasteiger partial charge on any atom is 0.251 e. The SMILES string of the molecule is CN(Cc1ccc(C(=O)NC2CC2)cc1)c1ncnc2c1oc1ccccc12. The van der Waals surface area contributed by atoms with E-state index in [9.17, 15) is 4.79 Å². The molecule has 2 aromatic heterocycles. The van der Waals surface area contributed by atoms with E-state index in [0.29, 0.717) is 23.7 Å². The molecule has 1 amide bonds. The van der Waals surface area contributed by atoms with E-state index < -0.39 is 0 Å². The molecule has 28 heavy (non-hydrogen) atoms. The smallest absolute Gasteiger partial charge is 0.251 e. The first-order valence-electron chi connectivity index (χ1n) is 9.42. The van der Waals surface area contributed by atoms with Crippen LogP contribution in [0.15, 0.2) is 59.3 Å². The molecule has 0 atom stereocenters. The number of hydrogen-bond acceptors (Lipinski definition) is 5. The Kier molecular flexibility index (Phi) is 3.97. The summed E-state index contributed by atoms with van der Waals surface area (Å²) >= 11 is 0. The molecule has 4 aromatic rings. The Morgan fingerprint density at radius 3 is 2.71 bits per heavy atom. The van der Waals surface area contributed by atoms with Gasteiger partial charge in [0.1, 0.15) is 17.4 Å². The molecule has 0 radical (unpaired) electrons. The molecule has 140 valence electrons. The largest absolute Gasteiger partial charge is 0.450 e. The number of nitrogens with one attached hydrogen (secondary N) is 1. The summed E-state index contributed by atoms with van der Waals surface area (Å²) in [6, 6.07) is 15.9. The molecule has 0 bridgehead atoms. The second-order valence-corrected chi connectivity index (χ2v) is 7.27. The quantitative estimate of drug-likeness (QED) is 0.575. The number of hydrogen-bond donors (Lipinski definition) is 1. The van der Waals surface area contributed by atoms with Crippen molar-refractivity contribution in [1.29, 1.82) is 0 Å². The van der Waals surface area contributed by atoms with Crippen LogP contribution < -0.4 is 10.2 Å². The lowest BCUT2D eigenvalue weighted by Crippen LogP contribution is -2.25. The number of nitrogens with zero attached hydrogens (tertiary/aromatic N) is 3. The van der Waals surface area contributed by atoms with E-state index in [1.165, 1.54) is 0 Å². The predicted molar refractivity (Wildman–Crippen MR) is 108 cm³/mol. The third-order valence-corrected chi connectivity index (χ3v) is 5.05. The lowest BCUT2D eigenvalue weighted by Gasteiger charge is -2.18. The highest BCUT2D eigenvalue weighted by Gasteiger charge is 2.23. The van der Waals surface area contributed by atoms with Crippen LogP contribution in [-0.2, 0) is 6.54 Å². The number of amides is 1. The third kappa shape index (κ3) is 3.07. The second kappa shape index (κ2) is 6.64. The van der Waals surface area contributed by atoms with Crippen molar-refractivity contribution in [2.45, 2.75) is 25.4 Å². The van der Waals surface area contributed by atoms with E-state index in [4.69, 9.17) is 4.42 Å². The van der Waals surface area contributed by atoms with Crippen LogP contribution in [0.3, 0.4) is 0 Å². The number of benzene rings is 2. The van der Waals surface area contributed by atoms with Crippen LogP contribution in [0.25, 0.3) is 22.1 Å². The molecular formula is C22H20N4O2. The number of rotatable bonds is 5. The van der Waals surface area contributed by atoms with Crippen LogP contribution >= 0.6 is 0 Å². The van der Waals surface area contributed by atoms with Gasteiger partial charge in [-0.1, -0.05) is 24.3 Å². The first kappa shape index (κ1) is 16.7. The lowest BCUT2D eigenvalue weighted by molar-refractivity contribution is 0.0951. The van der Waals surface area contributed by atoms with E-state index in [-0.39, 0.29) is 5.91 Å². The number of carbonyl (C=O) groups excluding carboxylic acids is 1. The van der Waals surface area contributed by atoms with Gasteiger partial charge in [-0.25, -0.2) is 9.97 Å². The van der Waals surface area contributed by atoms with Gasteiger partial charge in [-0.15, -0.1) is 0 Å². The van der Waals surface area contributed by atoms with Crippen molar-refractivity contribution < 1.29 is 9.21 Å². The minimum atomic E-state index is 0.00203. The Morgan fingerprint density at radius 2 is 1.93 bits per heavy atom. The lowest BCUT2D eigenvalue weighted by atomic mass is 10.1. The maximum atomic E-state index is 12.1. The molecule has 5 rings (SSSR count). The Morgan fingerprint density at radius 1 is 1.14 bits per heavy atom. The van der Waals surface area contributed by atoms with Crippen LogP contribution in [0, 0.1) is 0 Å². The molecule has 1 saturated carbocycles. The van der Waals surface area contributed by atoms with E-state index in [0.717, 1.165) is 40.7 Å². The summed E-state index contributed by atoms with van der Waals surface area (Å²) in [4.78, 5) is 23.0. The summed E-state index contributed by atoms with van der Waals surface area (Å²) in [6.45, 7) is 0.647. The van der Waals surface area contributed by atoms with E-state index >= 15 is 0 Å². The molecule has 1 aliphatic carbocycles. The van der Waals surface area contributed by atoms with Crippen molar-refractivity contribution in [3.8, 4) is 0 Å². The molecule has 2 aromatic carbocycles. The van der Waals surface area contributed by atoms with Gasteiger partial charge in [-0.3, -0.25) is 4.79 Å². The second-order valence-electron chi connectivity index (χ2n) is 7.27. The van der Waals surface area contributed by atoms with Gasteiger partial charge in [-0.05, 0) is 42.7 Å². The molecule has 2 heterocycles. The average molecular weight is 372 g/mol. The average Bonchev–Trinajstić information content (AvgIpc) is 3.45. The highest BCUT2D eigenvalue weighted by atomic mass is 16.3. The highest BCUT2D eigenvalue weighted by Crippen LogP contribution is 2.32. The van der Waals surface area contributed by atoms with Crippen LogP contribution in [0.5, 0.6) is 0 Å². The molecule has 1 aliphatic rings. The van der Waals surface area contributed by atoms with Gasteiger partial charge in [-0.2, -0.15) is 0 Å². The number of carbonyl (C=O) groups is 1. The number of para-hydroxylation sites is 1. The molecule has 6 nitrogen and oxygen atoms in total. The van der Waals surface area contributed by atoms with Gasteiger partial charge in [0.25, 0.3) is 5.91 Å². The van der Waals surface area contributed by atoms with Crippen LogP contribution in [0.1, 0.15) is 28.8 Å². The molecule has 0 saturated heterocycles. The monoisotopic (exact) mass is 372 g/mol. The fraction of sp³-hybridized carbons (Fsp3) is 0.227. The molecule has 6 heteroatoms. The summed E-state index contributed by atoms with van der Waals surface area (Å²) in [5.41, 5.74) is 4.10. The van der Waals surface area contributed by atoms with Crippen LogP contribution in [-0.4, -0.2) is 29.0 Å². The van der Waals surface area contributed by atoms with Crippen molar-refractivity contribution in [1.82, 2.24) is 15.3 Å². The maximum absolute atomic E-state index is 12.1. The number of aromatic nitrogens is 2. The van der Waals surface area contributed by atoms with Gasteiger partial charge in [0.05, 0.1) is 0 Å². The fourth-order valence-corrected chi connectivity index (χ4v) is 3.39. The van der Waals surface area contributed by atoms with Gasteiger partial charge in [0.2, 0.25) is 0 Å². The van der Waals surface area contributed by atoms with Crippen molar-refractivity contribution in [2.24, 2.45) is 0 Å². The van der Waals surface area contributed by atoms with E-state index in [2.05, 4.69) is 15.3 Å². The summed E-state index contributed by atoms with van der Waals surface area (Å²) in [6.07, 6.45) is 3.75. The summed E-state index contributed by atoms with van der Waals surface area (Å²) < 4.78 is 6.02. The summed E-state index contributed by atoms with van der Waals surface area (Å²) in [5.74, 6) is 0.749. The van der Waals surface area contributed by atoms with Crippen molar-refractivity contribution in [2.75, 3.05) is 11.9 Å². The molecular weight excluding hydrogens is 352 g/mol. The Bertz CT molecular complexity index is 1160. The fourth-order valence-electron chi connectivity index (χ4n) is 3.39.